The van der Waals surface area contributed by atoms with Crippen LogP contribution in [0.25, 0.3) is 0 Å². The van der Waals surface area contributed by atoms with Gasteiger partial charge in [0.2, 0.25) is 5.95 Å². The summed E-state index contributed by atoms with van der Waals surface area (Å²) in [7, 11) is 0. The fraction of sp³-hybridized carbons (Fsp3) is 0.786. The van der Waals surface area contributed by atoms with Crippen molar-refractivity contribution in [2.24, 2.45) is 0 Å². The SMILES string of the molecule is CCCCn1cc(CC)nc1N1CCCNCC1. The maximum absolute atomic E-state index is 4.81. The zero-order valence-electron chi connectivity index (χ0n) is 11.8. The summed E-state index contributed by atoms with van der Waals surface area (Å²) < 4.78 is 2.35. The molecule has 0 atom stereocenters. The summed E-state index contributed by atoms with van der Waals surface area (Å²) in [5.74, 6) is 1.18. The first-order valence-corrected chi connectivity index (χ1v) is 7.36. The maximum Gasteiger partial charge on any atom is 0.205 e. The highest BCUT2D eigenvalue weighted by atomic mass is 15.3. The number of aromatic nitrogens is 2. The van der Waals surface area contributed by atoms with Gasteiger partial charge in [0.05, 0.1) is 5.69 Å². The van der Waals surface area contributed by atoms with Gasteiger partial charge in [0, 0.05) is 32.4 Å². The molecule has 0 saturated carbocycles. The van der Waals surface area contributed by atoms with E-state index in [-0.39, 0.29) is 0 Å². The van der Waals surface area contributed by atoms with Crippen molar-refractivity contribution in [1.82, 2.24) is 14.9 Å². The molecule has 0 aromatic carbocycles. The van der Waals surface area contributed by atoms with Crippen molar-refractivity contribution >= 4 is 5.95 Å². The standard InChI is InChI=1S/C14H26N4/c1-3-5-9-18-12-13(4-2)16-14(18)17-10-6-7-15-8-11-17/h12,15H,3-11H2,1-2H3. The van der Waals surface area contributed by atoms with Crippen molar-refractivity contribution in [3.05, 3.63) is 11.9 Å². The minimum atomic E-state index is 1.03. The van der Waals surface area contributed by atoms with Gasteiger partial charge in [0.1, 0.15) is 0 Å². The highest BCUT2D eigenvalue weighted by Gasteiger charge is 2.16. The zero-order valence-corrected chi connectivity index (χ0v) is 11.8. The van der Waals surface area contributed by atoms with Crippen LogP contribution in [0.1, 0.15) is 38.8 Å². The van der Waals surface area contributed by atoms with E-state index < -0.39 is 0 Å². The lowest BCUT2D eigenvalue weighted by Crippen LogP contribution is -2.30. The van der Waals surface area contributed by atoms with Crippen LogP contribution in [0.3, 0.4) is 0 Å². The highest BCUT2D eigenvalue weighted by molar-refractivity contribution is 5.34. The first-order chi connectivity index (χ1) is 8.85. The third-order valence-electron chi connectivity index (χ3n) is 3.54. The van der Waals surface area contributed by atoms with Gasteiger partial charge in [0.15, 0.2) is 0 Å². The van der Waals surface area contributed by atoms with Crippen LogP contribution in [0.15, 0.2) is 6.20 Å². The number of hydrogen-bond acceptors (Lipinski definition) is 3. The number of unbranched alkanes of at least 4 members (excludes halogenated alkanes) is 1. The fourth-order valence-corrected chi connectivity index (χ4v) is 2.42. The Bertz CT molecular complexity index is 351. The molecule has 1 N–H and O–H groups in total. The Morgan fingerprint density at radius 2 is 2.17 bits per heavy atom. The van der Waals surface area contributed by atoms with Crippen molar-refractivity contribution in [3.63, 3.8) is 0 Å². The van der Waals surface area contributed by atoms with Gasteiger partial charge in [-0.25, -0.2) is 4.98 Å². The third-order valence-corrected chi connectivity index (χ3v) is 3.54. The number of nitrogens with zero attached hydrogens (tertiary/aromatic N) is 3. The van der Waals surface area contributed by atoms with Gasteiger partial charge in [-0.1, -0.05) is 20.3 Å². The highest BCUT2D eigenvalue weighted by Crippen LogP contribution is 2.17. The molecule has 1 fully saturated rings. The van der Waals surface area contributed by atoms with Gasteiger partial charge in [0.25, 0.3) is 0 Å². The second-order valence-corrected chi connectivity index (χ2v) is 5.02. The first-order valence-electron chi connectivity index (χ1n) is 7.36. The molecule has 0 aliphatic carbocycles. The molecule has 102 valence electrons. The van der Waals surface area contributed by atoms with E-state index in [1.54, 1.807) is 0 Å². The summed E-state index contributed by atoms with van der Waals surface area (Å²) in [6.45, 7) is 9.93. The summed E-state index contributed by atoms with van der Waals surface area (Å²) in [5.41, 5.74) is 1.22. The quantitative estimate of drug-likeness (QED) is 0.868. The van der Waals surface area contributed by atoms with Gasteiger partial charge < -0.3 is 14.8 Å². The molecule has 18 heavy (non-hydrogen) atoms. The molecule has 0 spiro atoms. The largest absolute Gasteiger partial charge is 0.341 e. The molecule has 1 saturated heterocycles. The summed E-state index contributed by atoms with van der Waals surface area (Å²) >= 11 is 0. The minimum absolute atomic E-state index is 1.03. The molecule has 1 aliphatic heterocycles. The van der Waals surface area contributed by atoms with Crippen LogP contribution in [0.5, 0.6) is 0 Å². The van der Waals surface area contributed by atoms with Crippen molar-refractivity contribution in [3.8, 4) is 0 Å². The van der Waals surface area contributed by atoms with Crippen LogP contribution in [0, 0.1) is 0 Å². The Balaban J connectivity index is 2.14. The lowest BCUT2D eigenvalue weighted by molar-refractivity contribution is 0.615. The molecule has 4 nitrogen and oxygen atoms in total. The first kappa shape index (κ1) is 13.4. The summed E-state index contributed by atoms with van der Waals surface area (Å²) in [6, 6.07) is 0. The van der Waals surface area contributed by atoms with Gasteiger partial charge in [-0.05, 0) is 25.8 Å². The van der Waals surface area contributed by atoms with E-state index in [0.29, 0.717) is 0 Å². The molecule has 4 heteroatoms. The number of imidazole rings is 1. The second-order valence-electron chi connectivity index (χ2n) is 5.02. The number of anilines is 1. The Labute approximate surface area is 110 Å². The Morgan fingerprint density at radius 1 is 1.28 bits per heavy atom. The van der Waals surface area contributed by atoms with E-state index in [1.165, 1.54) is 30.9 Å². The van der Waals surface area contributed by atoms with Crippen LogP contribution < -0.4 is 10.2 Å². The lowest BCUT2D eigenvalue weighted by atomic mass is 10.3. The summed E-state index contributed by atoms with van der Waals surface area (Å²) in [5, 5.41) is 3.45. The smallest absolute Gasteiger partial charge is 0.205 e. The molecule has 2 heterocycles. The van der Waals surface area contributed by atoms with Crippen LogP contribution in [0.4, 0.5) is 5.95 Å². The Kier molecular flexibility index (Phi) is 5.05. The predicted molar refractivity (Wildman–Crippen MR) is 76.2 cm³/mol. The van der Waals surface area contributed by atoms with E-state index in [9.17, 15) is 0 Å². The summed E-state index contributed by atoms with van der Waals surface area (Å²) in [4.78, 5) is 7.25. The van der Waals surface area contributed by atoms with Gasteiger partial charge >= 0.3 is 0 Å². The average Bonchev–Trinajstić information content (AvgIpc) is 2.61. The normalized spacial score (nSPS) is 16.9. The van der Waals surface area contributed by atoms with Crippen LogP contribution in [-0.4, -0.2) is 35.7 Å². The van der Waals surface area contributed by atoms with Crippen LogP contribution >= 0.6 is 0 Å². The molecule has 0 bridgehead atoms. The molecular weight excluding hydrogens is 224 g/mol. The molecule has 0 unspecified atom stereocenters. The predicted octanol–water partition coefficient (Wildman–Crippen LogP) is 2.05. The van der Waals surface area contributed by atoms with Crippen molar-refractivity contribution in [1.29, 1.82) is 0 Å². The van der Waals surface area contributed by atoms with E-state index in [0.717, 1.165) is 39.1 Å². The van der Waals surface area contributed by atoms with Crippen LogP contribution in [0.2, 0.25) is 0 Å². The van der Waals surface area contributed by atoms with Crippen molar-refractivity contribution < 1.29 is 0 Å². The second kappa shape index (κ2) is 6.78. The van der Waals surface area contributed by atoms with E-state index in [2.05, 4.69) is 34.8 Å². The van der Waals surface area contributed by atoms with E-state index >= 15 is 0 Å². The molecule has 2 rings (SSSR count). The minimum Gasteiger partial charge on any atom is -0.341 e. The molecule has 0 amide bonds. The van der Waals surface area contributed by atoms with E-state index in [4.69, 9.17) is 4.98 Å². The Hall–Kier alpha value is -1.03. The maximum atomic E-state index is 4.81. The fourth-order valence-electron chi connectivity index (χ4n) is 2.42. The number of rotatable bonds is 5. The van der Waals surface area contributed by atoms with Gasteiger partial charge in [-0.15, -0.1) is 0 Å². The van der Waals surface area contributed by atoms with Crippen molar-refractivity contribution in [2.75, 3.05) is 31.1 Å². The summed E-state index contributed by atoms with van der Waals surface area (Å²) in [6.07, 6.45) is 6.95. The van der Waals surface area contributed by atoms with Crippen molar-refractivity contribution in [2.45, 2.75) is 46.1 Å². The van der Waals surface area contributed by atoms with Crippen LogP contribution in [-0.2, 0) is 13.0 Å². The van der Waals surface area contributed by atoms with Gasteiger partial charge in [-0.3, -0.25) is 0 Å². The molecule has 1 aromatic rings. The lowest BCUT2D eigenvalue weighted by Gasteiger charge is -2.22. The topological polar surface area (TPSA) is 33.1 Å². The van der Waals surface area contributed by atoms with Gasteiger partial charge in [-0.2, -0.15) is 0 Å². The molecular formula is C14H26N4. The Morgan fingerprint density at radius 3 is 2.94 bits per heavy atom. The zero-order chi connectivity index (χ0) is 12.8. The molecule has 1 aromatic heterocycles. The van der Waals surface area contributed by atoms with E-state index in [1.807, 2.05) is 0 Å². The third kappa shape index (κ3) is 3.25. The number of hydrogen-bond donors (Lipinski definition) is 1. The molecule has 1 aliphatic rings. The molecule has 0 radical (unpaired) electrons. The number of aryl methyl sites for hydroxylation is 2. The monoisotopic (exact) mass is 250 g/mol. The number of nitrogens with one attached hydrogen (secondary N) is 1. The average molecular weight is 250 g/mol.